The SMILES string of the molecule is CCC1(CC)C(NC(=O)C(N)CCS(C)(=O)=O)C(C)C1OC. The van der Waals surface area contributed by atoms with Gasteiger partial charge >= 0.3 is 0 Å². The molecule has 1 saturated carbocycles. The molecule has 3 N–H and O–H groups in total. The van der Waals surface area contributed by atoms with Crippen molar-refractivity contribution >= 4 is 15.7 Å². The average Bonchev–Trinajstić information content (AvgIpc) is 2.46. The van der Waals surface area contributed by atoms with Crippen LogP contribution in [0.4, 0.5) is 0 Å². The van der Waals surface area contributed by atoms with E-state index in [0.29, 0.717) is 0 Å². The number of rotatable bonds is 8. The fourth-order valence-electron chi connectivity index (χ4n) is 3.83. The summed E-state index contributed by atoms with van der Waals surface area (Å²) in [6.45, 7) is 6.26. The normalized spacial score (nSPS) is 28.7. The summed E-state index contributed by atoms with van der Waals surface area (Å²) in [5, 5.41) is 3.02. The van der Waals surface area contributed by atoms with E-state index >= 15 is 0 Å². The van der Waals surface area contributed by atoms with Gasteiger partial charge in [-0.15, -0.1) is 0 Å². The molecule has 0 spiro atoms. The highest BCUT2D eigenvalue weighted by atomic mass is 32.2. The molecule has 0 aliphatic heterocycles. The van der Waals surface area contributed by atoms with Crippen LogP contribution in [-0.2, 0) is 19.4 Å². The molecule has 1 amide bonds. The molecule has 4 unspecified atom stereocenters. The number of nitrogens with one attached hydrogen (secondary N) is 1. The molecule has 130 valence electrons. The van der Waals surface area contributed by atoms with Crippen molar-refractivity contribution in [3.63, 3.8) is 0 Å². The fraction of sp³-hybridized carbons (Fsp3) is 0.933. The molecule has 1 aliphatic rings. The summed E-state index contributed by atoms with van der Waals surface area (Å²) in [7, 11) is -1.40. The Morgan fingerprint density at radius 1 is 1.36 bits per heavy atom. The highest BCUT2D eigenvalue weighted by Crippen LogP contribution is 2.52. The second-order valence-corrected chi connectivity index (χ2v) is 8.73. The lowest BCUT2D eigenvalue weighted by atomic mass is 9.53. The first-order valence-corrected chi connectivity index (χ1v) is 9.95. The summed E-state index contributed by atoms with van der Waals surface area (Å²) in [6, 6.07) is -0.779. The zero-order valence-electron chi connectivity index (χ0n) is 14.3. The zero-order chi connectivity index (χ0) is 17.1. The Balaban J connectivity index is 2.70. The number of methoxy groups -OCH3 is 1. The average molecular weight is 334 g/mol. The van der Waals surface area contributed by atoms with Crippen molar-refractivity contribution in [2.24, 2.45) is 17.1 Å². The van der Waals surface area contributed by atoms with Crippen LogP contribution in [0.2, 0.25) is 0 Å². The van der Waals surface area contributed by atoms with E-state index in [4.69, 9.17) is 10.5 Å². The van der Waals surface area contributed by atoms with Crippen LogP contribution in [-0.4, -0.2) is 51.6 Å². The van der Waals surface area contributed by atoms with Crippen LogP contribution in [0.5, 0.6) is 0 Å². The number of amides is 1. The maximum atomic E-state index is 12.3. The lowest BCUT2D eigenvalue weighted by Gasteiger charge is -2.59. The molecule has 4 atom stereocenters. The maximum Gasteiger partial charge on any atom is 0.237 e. The number of hydrogen-bond acceptors (Lipinski definition) is 5. The van der Waals surface area contributed by atoms with E-state index in [1.807, 2.05) is 0 Å². The molecule has 1 rings (SSSR count). The van der Waals surface area contributed by atoms with Gasteiger partial charge in [0.15, 0.2) is 0 Å². The van der Waals surface area contributed by atoms with Gasteiger partial charge < -0.3 is 15.8 Å². The first-order valence-electron chi connectivity index (χ1n) is 7.89. The predicted octanol–water partition coefficient (Wildman–Crippen LogP) is 0.704. The van der Waals surface area contributed by atoms with E-state index in [1.54, 1.807) is 7.11 Å². The summed E-state index contributed by atoms with van der Waals surface area (Å²) in [5.41, 5.74) is 5.76. The van der Waals surface area contributed by atoms with Crippen LogP contribution in [0.1, 0.15) is 40.0 Å². The van der Waals surface area contributed by atoms with Gasteiger partial charge in [-0.25, -0.2) is 8.42 Å². The lowest BCUT2D eigenvalue weighted by Crippen LogP contribution is -2.71. The Hall–Kier alpha value is -0.660. The first-order chi connectivity index (χ1) is 10.1. The van der Waals surface area contributed by atoms with Crippen LogP contribution in [0.25, 0.3) is 0 Å². The van der Waals surface area contributed by atoms with Gasteiger partial charge in [0.25, 0.3) is 0 Å². The third-order valence-electron chi connectivity index (χ3n) is 5.19. The minimum atomic E-state index is -3.11. The summed E-state index contributed by atoms with van der Waals surface area (Å²) >= 11 is 0. The van der Waals surface area contributed by atoms with Crippen LogP contribution < -0.4 is 11.1 Å². The Morgan fingerprint density at radius 3 is 2.32 bits per heavy atom. The summed E-state index contributed by atoms with van der Waals surface area (Å²) < 4.78 is 27.9. The maximum absolute atomic E-state index is 12.3. The monoisotopic (exact) mass is 334 g/mol. The molecule has 0 aromatic heterocycles. The summed E-state index contributed by atoms with van der Waals surface area (Å²) in [4.78, 5) is 12.3. The molecule has 1 fully saturated rings. The smallest absolute Gasteiger partial charge is 0.237 e. The number of nitrogens with two attached hydrogens (primary N) is 1. The van der Waals surface area contributed by atoms with Gasteiger partial charge in [-0.2, -0.15) is 0 Å². The van der Waals surface area contributed by atoms with Crippen molar-refractivity contribution in [3.05, 3.63) is 0 Å². The number of sulfone groups is 1. The molecule has 22 heavy (non-hydrogen) atoms. The van der Waals surface area contributed by atoms with Gasteiger partial charge in [0.1, 0.15) is 9.84 Å². The zero-order valence-corrected chi connectivity index (χ0v) is 15.1. The fourth-order valence-corrected chi connectivity index (χ4v) is 4.51. The van der Waals surface area contributed by atoms with E-state index in [0.717, 1.165) is 19.1 Å². The second kappa shape index (κ2) is 7.27. The minimum Gasteiger partial charge on any atom is -0.380 e. The Bertz CT molecular complexity index is 488. The van der Waals surface area contributed by atoms with Crippen molar-refractivity contribution < 1.29 is 17.9 Å². The van der Waals surface area contributed by atoms with Crippen LogP contribution >= 0.6 is 0 Å². The Kier molecular flexibility index (Phi) is 6.41. The number of carbonyl (C=O) groups excluding carboxylic acids is 1. The minimum absolute atomic E-state index is 0.0178. The third kappa shape index (κ3) is 3.81. The van der Waals surface area contributed by atoms with E-state index in [2.05, 4.69) is 26.1 Å². The van der Waals surface area contributed by atoms with Gasteiger partial charge in [0.2, 0.25) is 5.91 Å². The van der Waals surface area contributed by atoms with Gasteiger partial charge in [-0.1, -0.05) is 20.8 Å². The molecule has 0 radical (unpaired) electrons. The molecular formula is C15H30N2O4S. The molecule has 0 saturated heterocycles. The Labute approximate surface area is 134 Å². The van der Waals surface area contributed by atoms with Gasteiger partial charge in [-0.05, 0) is 19.3 Å². The highest BCUT2D eigenvalue weighted by Gasteiger charge is 2.58. The van der Waals surface area contributed by atoms with Crippen molar-refractivity contribution in [2.75, 3.05) is 19.1 Å². The quantitative estimate of drug-likeness (QED) is 0.681. The topological polar surface area (TPSA) is 98.5 Å². The number of ether oxygens (including phenoxy) is 1. The number of carbonyl (C=O) groups is 1. The van der Waals surface area contributed by atoms with Crippen molar-refractivity contribution in [1.29, 1.82) is 0 Å². The van der Waals surface area contributed by atoms with Gasteiger partial charge in [0, 0.05) is 30.7 Å². The van der Waals surface area contributed by atoms with Crippen LogP contribution in [0, 0.1) is 11.3 Å². The molecule has 0 aromatic carbocycles. The molecule has 6 nitrogen and oxygen atoms in total. The molecule has 1 aliphatic carbocycles. The first kappa shape index (κ1) is 19.4. The molecule has 7 heteroatoms. The Morgan fingerprint density at radius 2 is 1.91 bits per heavy atom. The van der Waals surface area contributed by atoms with Crippen LogP contribution in [0.3, 0.4) is 0 Å². The van der Waals surface area contributed by atoms with Crippen molar-refractivity contribution in [3.8, 4) is 0 Å². The lowest BCUT2D eigenvalue weighted by molar-refractivity contribution is -0.172. The summed E-state index contributed by atoms with van der Waals surface area (Å²) in [6.07, 6.45) is 3.24. The predicted molar refractivity (Wildman–Crippen MR) is 87.2 cm³/mol. The van der Waals surface area contributed by atoms with Crippen LogP contribution in [0.15, 0.2) is 0 Å². The van der Waals surface area contributed by atoms with E-state index in [9.17, 15) is 13.2 Å². The third-order valence-corrected chi connectivity index (χ3v) is 6.17. The second-order valence-electron chi connectivity index (χ2n) is 6.47. The molecule has 0 aromatic rings. The number of hydrogen-bond donors (Lipinski definition) is 2. The highest BCUT2D eigenvalue weighted by molar-refractivity contribution is 7.90. The van der Waals surface area contributed by atoms with E-state index < -0.39 is 15.9 Å². The van der Waals surface area contributed by atoms with Crippen molar-refractivity contribution in [1.82, 2.24) is 5.32 Å². The van der Waals surface area contributed by atoms with Gasteiger partial charge in [-0.3, -0.25) is 4.79 Å². The van der Waals surface area contributed by atoms with Crippen molar-refractivity contribution in [2.45, 2.75) is 58.2 Å². The van der Waals surface area contributed by atoms with E-state index in [1.165, 1.54) is 0 Å². The van der Waals surface area contributed by atoms with E-state index in [-0.39, 0.29) is 41.6 Å². The molecule has 0 heterocycles. The van der Waals surface area contributed by atoms with Gasteiger partial charge in [0.05, 0.1) is 17.9 Å². The standard InChI is InChI=1S/C15H30N2O4S/c1-6-15(7-2)12(10(3)13(15)21-4)17-14(18)11(16)8-9-22(5,19)20/h10-13H,6-9,16H2,1-5H3,(H,17,18). The molecular weight excluding hydrogens is 304 g/mol. The molecule has 0 bridgehead atoms. The summed E-state index contributed by atoms with van der Waals surface area (Å²) in [5.74, 6) is -0.132. The largest absolute Gasteiger partial charge is 0.380 e.